The van der Waals surface area contributed by atoms with E-state index in [1.807, 2.05) is 30.0 Å². The van der Waals surface area contributed by atoms with Crippen molar-refractivity contribution in [1.82, 2.24) is 0 Å². The fourth-order valence-corrected chi connectivity index (χ4v) is 3.60. The van der Waals surface area contributed by atoms with Gasteiger partial charge in [-0.05, 0) is 50.3 Å². The van der Waals surface area contributed by atoms with Crippen LogP contribution in [0, 0.1) is 6.92 Å². The number of nitrogens with two attached hydrogens (primary N) is 2. The summed E-state index contributed by atoms with van der Waals surface area (Å²) in [5.74, 6) is 0.480. The Bertz CT molecular complexity index is 718. The monoisotopic (exact) mass is 328 g/mol. The molecule has 0 atom stereocenters. The number of carbonyl (C=O) groups is 1. The summed E-state index contributed by atoms with van der Waals surface area (Å²) < 4.78 is 0. The second-order valence-corrected chi connectivity index (χ2v) is 6.50. The molecule has 2 aliphatic rings. The first-order chi connectivity index (χ1) is 11.4. The molecule has 1 aliphatic heterocycles. The van der Waals surface area contributed by atoms with Crippen molar-refractivity contribution >= 4 is 29.2 Å². The van der Waals surface area contributed by atoms with Crippen LogP contribution in [-0.4, -0.2) is 23.5 Å². The van der Waals surface area contributed by atoms with Crippen LogP contribution in [0.1, 0.15) is 44.6 Å². The third-order valence-electron chi connectivity index (χ3n) is 4.62. The summed E-state index contributed by atoms with van der Waals surface area (Å²) >= 11 is 0. The molecule has 1 fully saturated rings. The minimum atomic E-state index is -0.478. The predicted molar refractivity (Wildman–Crippen MR) is 97.0 cm³/mol. The van der Waals surface area contributed by atoms with Gasteiger partial charge in [0.2, 0.25) is 17.8 Å². The number of anilines is 2. The van der Waals surface area contributed by atoms with Gasteiger partial charge in [0, 0.05) is 12.6 Å². The second-order valence-electron chi connectivity index (χ2n) is 6.50. The van der Waals surface area contributed by atoms with Gasteiger partial charge in [-0.25, -0.2) is 4.99 Å². The number of nitrogens with one attached hydrogen (secondary N) is 1. The van der Waals surface area contributed by atoms with E-state index in [2.05, 4.69) is 15.3 Å². The molecule has 1 spiro atoms. The standard InChI is InChI=1S/C17H24N6O/c1-11-6-7-13(20-12(2)24)10-14(11)23-16(19)21-15(18)22-17(23)8-4-3-5-9-17/h6-7,10H,3-5,8-9H2,1-2H3,(H,20,24)(H4,18,19,21,22). The van der Waals surface area contributed by atoms with Crippen molar-refractivity contribution in [3.05, 3.63) is 23.8 Å². The third kappa shape index (κ3) is 2.93. The topological polar surface area (TPSA) is 109 Å². The van der Waals surface area contributed by atoms with Gasteiger partial charge in [-0.15, -0.1) is 0 Å². The molecule has 1 aromatic carbocycles. The lowest BCUT2D eigenvalue weighted by Crippen LogP contribution is -2.58. The summed E-state index contributed by atoms with van der Waals surface area (Å²) in [5.41, 5.74) is 14.4. The Hall–Kier alpha value is -2.57. The van der Waals surface area contributed by atoms with Crippen molar-refractivity contribution < 1.29 is 4.79 Å². The molecule has 1 heterocycles. The molecule has 1 amide bonds. The summed E-state index contributed by atoms with van der Waals surface area (Å²) in [4.78, 5) is 22.2. The Labute approximate surface area is 141 Å². The molecule has 3 rings (SSSR count). The van der Waals surface area contributed by atoms with E-state index in [1.165, 1.54) is 13.3 Å². The van der Waals surface area contributed by atoms with Gasteiger partial charge in [0.15, 0.2) is 0 Å². The number of nitrogens with zero attached hydrogens (tertiary/aromatic N) is 3. The SMILES string of the molecule is CC(=O)Nc1ccc(C)c(N2C(N)=NC(N)=NC23CCCCC3)c1. The minimum absolute atomic E-state index is 0.111. The molecule has 24 heavy (non-hydrogen) atoms. The van der Waals surface area contributed by atoms with E-state index < -0.39 is 5.66 Å². The van der Waals surface area contributed by atoms with E-state index in [-0.39, 0.29) is 11.9 Å². The number of benzene rings is 1. The first-order valence-electron chi connectivity index (χ1n) is 8.29. The fraction of sp³-hybridized carbons (Fsp3) is 0.471. The van der Waals surface area contributed by atoms with Gasteiger partial charge in [-0.1, -0.05) is 12.5 Å². The van der Waals surface area contributed by atoms with Crippen LogP contribution in [0.2, 0.25) is 0 Å². The van der Waals surface area contributed by atoms with Crippen molar-refractivity contribution in [2.75, 3.05) is 10.2 Å². The summed E-state index contributed by atoms with van der Waals surface area (Å²) in [5, 5.41) is 2.82. The lowest BCUT2D eigenvalue weighted by atomic mass is 9.87. The number of hydrogen-bond acceptors (Lipinski definition) is 6. The summed E-state index contributed by atoms with van der Waals surface area (Å²) in [6.07, 6.45) is 5.10. The number of aliphatic imine (C=N–C) groups is 2. The van der Waals surface area contributed by atoms with Gasteiger partial charge in [-0.2, -0.15) is 4.99 Å². The Kier molecular flexibility index (Phi) is 4.17. The van der Waals surface area contributed by atoms with Gasteiger partial charge in [0.05, 0.1) is 5.69 Å². The highest BCUT2D eigenvalue weighted by Crippen LogP contribution is 2.41. The van der Waals surface area contributed by atoms with E-state index in [0.717, 1.165) is 42.6 Å². The Balaban J connectivity index is 2.08. The average Bonchev–Trinajstić information content (AvgIpc) is 2.50. The maximum atomic E-state index is 11.4. The van der Waals surface area contributed by atoms with Crippen LogP contribution < -0.4 is 21.7 Å². The molecule has 0 radical (unpaired) electrons. The van der Waals surface area contributed by atoms with E-state index in [0.29, 0.717) is 5.96 Å². The molecular weight excluding hydrogens is 304 g/mol. The third-order valence-corrected chi connectivity index (χ3v) is 4.62. The fourth-order valence-electron chi connectivity index (χ4n) is 3.60. The molecular formula is C17H24N6O. The molecule has 0 saturated heterocycles. The molecule has 0 unspecified atom stereocenters. The number of amides is 1. The van der Waals surface area contributed by atoms with Crippen molar-refractivity contribution in [2.45, 2.75) is 51.6 Å². The van der Waals surface area contributed by atoms with Gasteiger partial charge in [0.25, 0.3) is 0 Å². The van der Waals surface area contributed by atoms with Crippen LogP contribution in [-0.2, 0) is 4.79 Å². The minimum Gasteiger partial charge on any atom is -0.369 e. The molecule has 7 heteroatoms. The first-order valence-corrected chi connectivity index (χ1v) is 8.29. The Morgan fingerprint density at radius 1 is 1.25 bits per heavy atom. The van der Waals surface area contributed by atoms with Crippen molar-refractivity contribution in [3.63, 3.8) is 0 Å². The molecule has 5 N–H and O–H groups in total. The average molecular weight is 328 g/mol. The van der Waals surface area contributed by atoms with Crippen LogP contribution in [0.5, 0.6) is 0 Å². The van der Waals surface area contributed by atoms with Crippen molar-refractivity contribution in [2.24, 2.45) is 21.5 Å². The van der Waals surface area contributed by atoms with E-state index >= 15 is 0 Å². The largest absolute Gasteiger partial charge is 0.369 e. The van der Waals surface area contributed by atoms with Gasteiger partial charge >= 0.3 is 0 Å². The van der Waals surface area contributed by atoms with Crippen LogP contribution in [0.3, 0.4) is 0 Å². The number of hydrogen-bond donors (Lipinski definition) is 3. The number of carbonyl (C=O) groups excluding carboxylic acids is 1. The Morgan fingerprint density at radius 2 is 1.96 bits per heavy atom. The van der Waals surface area contributed by atoms with Crippen LogP contribution in [0.15, 0.2) is 28.2 Å². The summed E-state index contributed by atoms with van der Waals surface area (Å²) in [6.45, 7) is 3.50. The highest BCUT2D eigenvalue weighted by Gasteiger charge is 2.43. The number of guanidine groups is 2. The van der Waals surface area contributed by atoms with Crippen LogP contribution in [0.25, 0.3) is 0 Å². The molecule has 128 valence electrons. The zero-order chi connectivity index (χ0) is 17.3. The second kappa shape index (κ2) is 6.14. The van der Waals surface area contributed by atoms with Crippen molar-refractivity contribution in [3.8, 4) is 0 Å². The maximum absolute atomic E-state index is 11.4. The molecule has 1 saturated carbocycles. The van der Waals surface area contributed by atoms with Gasteiger partial charge in [0.1, 0.15) is 5.66 Å². The number of aryl methyl sites for hydroxylation is 1. The molecule has 0 aromatic heterocycles. The van der Waals surface area contributed by atoms with Gasteiger partial charge in [-0.3, -0.25) is 9.69 Å². The Morgan fingerprint density at radius 3 is 2.62 bits per heavy atom. The number of rotatable bonds is 2. The van der Waals surface area contributed by atoms with Crippen molar-refractivity contribution in [1.29, 1.82) is 0 Å². The molecule has 0 bridgehead atoms. The molecule has 1 aromatic rings. The first kappa shape index (κ1) is 16.3. The summed E-state index contributed by atoms with van der Waals surface area (Å²) in [6, 6.07) is 5.77. The smallest absolute Gasteiger partial charge is 0.221 e. The predicted octanol–water partition coefficient (Wildman–Crippen LogP) is 2.06. The van der Waals surface area contributed by atoms with E-state index in [1.54, 1.807) is 0 Å². The highest BCUT2D eigenvalue weighted by molar-refractivity contribution is 6.06. The van der Waals surface area contributed by atoms with E-state index in [4.69, 9.17) is 11.5 Å². The van der Waals surface area contributed by atoms with Crippen LogP contribution >= 0.6 is 0 Å². The quantitative estimate of drug-likeness (QED) is 0.772. The lowest BCUT2D eigenvalue weighted by Gasteiger charge is -2.46. The molecule has 7 nitrogen and oxygen atoms in total. The van der Waals surface area contributed by atoms with E-state index in [9.17, 15) is 4.79 Å². The summed E-state index contributed by atoms with van der Waals surface area (Å²) in [7, 11) is 0. The maximum Gasteiger partial charge on any atom is 0.221 e. The normalized spacial score (nSPS) is 19.7. The highest BCUT2D eigenvalue weighted by atomic mass is 16.1. The zero-order valence-electron chi connectivity index (χ0n) is 14.2. The van der Waals surface area contributed by atoms with Gasteiger partial charge < -0.3 is 16.8 Å². The zero-order valence-corrected chi connectivity index (χ0v) is 14.2. The lowest BCUT2D eigenvalue weighted by molar-refractivity contribution is -0.114. The molecule has 1 aliphatic carbocycles. The van der Waals surface area contributed by atoms with Crippen LogP contribution in [0.4, 0.5) is 11.4 Å².